The van der Waals surface area contributed by atoms with Gasteiger partial charge < -0.3 is 0 Å². The van der Waals surface area contributed by atoms with Crippen molar-refractivity contribution in [2.24, 2.45) is 0 Å². The van der Waals surface area contributed by atoms with E-state index in [9.17, 15) is 16.8 Å². The topological polar surface area (TPSA) is 71.5 Å². The van der Waals surface area contributed by atoms with E-state index in [0.717, 1.165) is 10.6 Å². The highest BCUT2D eigenvalue weighted by Crippen LogP contribution is 2.24. The van der Waals surface area contributed by atoms with Crippen LogP contribution in [-0.4, -0.2) is 30.1 Å². The number of halogens is 1. The molecule has 0 spiro atoms. The van der Waals surface area contributed by atoms with Crippen LogP contribution in [0.1, 0.15) is 0 Å². The van der Waals surface area contributed by atoms with Crippen LogP contribution in [0, 0.1) is 0 Å². The minimum Gasteiger partial charge on any atom is -0.269 e. The Morgan fingerprint density at radius 2 is 1.50 bits per heavy atom. The summed E-state index contributed by atoms with van der Waals surface area (Å²) in [5.41, 5.74) is 0.354. The molecule has 0 heterocycles. The predicted octanol–water partition coefficient (Wildman–Crippen LogP) is 2.57. The number of sulfone groups is 1. The van der Waals surface area contributed by atoms with Gasteiger partial charge in [0.1, 0.15) is 0 Å². The van der Waals surface area contributed by atoms with E-state index in [1.807, 2.05) is 0 Å². The van der Waals surface area contributed by atoms with E-state index in [1.54, 1.807) is 12.1 Å². The van der Waals surface area contributed by atoms with Gasteiger partial charge in [0.15, 0.2) is 9.84 Å². The minimum absolute atomic E-state index is 0.0645. The lowest BCUT2D eigenvalue weighted by Gasteiger charge is -2.19. The fourth-order valence-electron chi connectivity index (χ4n) is 1.83. The Hall–Kier alpha value is -1.57. The maximum atomic E-state index is 12.5. The highest BCUT2D eigenvalue weighted by Gasteiger charge is 2.21. The van der Waals surface area contributed by atoms with Gasteiger partial charge in [-0.15, -0.1) is 0 Å². The van der Waals surface area contributed by atoms with Gasteiger partial charge in [-0.2, -0.15) is 0 Å². The molecule has 0 fully saturated rings. The Labute approximate surface area is 135 Å². The van der Waals surface area contributed by atoms with Crippen LogP contribution in [0.15, 0.2) is 58.3 Å². The summed E-state index contributed by atoms with van der Waals surface area (Å²) in [6.45, 7) is 0. The number of hydrogen-bond acceptors (Lipinski definition) is 4. The Balaban J connectivity index is 2.41. The van der Waals surface area contributed by atoms with Gasteiger partial charge in [0.2, 0.25) is 0 Å². The van der Waals surface area contributed by atoms with Gasteiger partial charge in [0, 0.05) is 18.3 Å². The lowest BCUT2D eigenvalue weighted by atomic mass is 10.3. The van der Waals surface area contributed by atoms with Gasteiger partial charge in [-0.25, -0.2) is 16.8 Å². The fraction of sp³-hybridized carbons (Fsp3) is 0.143. The summed E-state index contributed by atoms with van der Waals surface area (Å²) in [6, 6.07) is 11.6. The van der Waals surface area contributed by atoms with E-state index >= 15 is 0 Å². The number of sulfonamides is 1. The molecule has 2 rings (SSSR count). The molecule has 0 aliphatic carbocycles. The van der Waals surface area contributed by atoms with Crippen molar-refractivity contribution in [3.8, 4) is 0 Å². The van der Waals surface area contributed by atoms with Crippen molar-refractivity contribution >= 4 is 37.1 Å². The molecule has 0 radical (unpaired) electrons. The number of hydrogen-bond donors (Lipinski definition) is 0. The van der Waals surface area contributed by atoms with Crippen LogP contribution in [0.4, 0.5) is 5.69 Å². The van der Waals surface area contributed by atoms with Crippen LogP contribution < -0.4 is 4.31 Å². The molecule has 2 aromatic carbocycles. The second kappa shape index (κ2) is 5.91. The fourth-order valence-corrected chi connectivity index (χ4v) is 3.95. The maximum Gasteiger partial charge on any atom is 0.264 e. The molecule has 5 nitrogen and oxygen atoms in total. The zero-order chi connectivity index (χ0) is 16.5. The summed E-state index contributed by atoms with van der Waals surface area (Å²) < 4.78 is 49.0. The number of anilines is 1. The van der Waals surface area contributed by atoms with Crippen molar-refractivity contribution < 1.29 is 16.8 Å². The summed E-state index contributed by atoms with van der Waals surface area (Å²) in [7, 11) is -5.69. The summed E-state index contributed by atoms with van der Waals surface area (Å²) >= 11 is 5.82. The van der Waals surface area contributed by atoms with Crippen molar-refractivity contribution in [3.63, 3.8) is 0 Å². The van der Waals surface area contributed by atoms with Crippen molar-refractivity contribution in [3.05, 3.63) is 53.6 Å². The molecule has 22 heavy (non-hydrogen) atoms. The van der Waals surface area contributed by atoms with Crippen LogP contribution in [0.25, 0.3) is 0 Å². The molecular formula is C14H14ClNO4S2. The molecule has 0 saturated carbocycles. The van der Waals surface area contributed by atoms with Crippen molar-refractivity contribution in [2.75, 3.05) is 17.6 Å². The van der Waals surface area contributed by atoms with Gasteiger partial charge in [-0.3, -0.25) is 4.31 Å². The van der Waals surface area contributed by atoms with Crippen LogP contribution in [-0.2, 0) is 19.9 Å². The average Bonchev–Trinajstić information content (AvgIpc) is 2.45. The molecule has 0 bridgehead atoms. The molecule has 118 valence electrons. The number of benzene rings is 2. The summed E-state index contributed by atoms with van der Waals surface area (Å²) in [6.07, 6.45) is 1.09. The van der Waals surface area contributed by atoms with Gasteiger partial charge >= 0.3 is 0 Å². The largest absolute Gasteiger partial charge is 0.269 e. The lowest BCUT2D eigenvalue weighted by Crippen LogP contribution is -2.26. The first-order chi connectivity index (χ1) is 10.1. The van der Waals surface area contributed by atoms with Crippen LogP contribution >= 0.6 is 11.6 Å². The van der Waals surface area contributed by atoms with E-state index in [2.05, 4.69) is 0 Å². The zero-order valence-corrected chi connectivity index (χ0v) is 14.3. The molecule has 0 aliphatic rings. The summed E-state index contributed by atoms with van der Waals surface area (Å²) in [5, 5.41) is 0.321. The van der Waals surface area contributed by atoms with Crippen molar-refractivity contribution in [1.29, 1.82) is 0 Å². The van der Waals surface area contributed by atoms with Gasteiger partial charge in [0.05, 0.1) is 15.5 Å². The average molecular weight is 360 g/mol. The standard InChI is InChI=1S/C14H14ClNO4S2/c1-16(12-6-8-13(9-7-12)21(2,17)18)22(19,20)14-5-3-4-11(15)10-14/h3-10H,1-2H3. The Bertz CT molecular complexity index is 891. The monoisotopic (exact) mass is 359 g/mol. The quantitative estimate of drug-likeness (QED) is 0.841. The van der Waals surface area contributed by atoms with Gasteiger partial charge in [0.25, 0.3) is 10.0 Å². The van der Waals surface area contributed by atoms with Gasteiger partial charge in [-0.05, 0) is 42.5 Å². The smallest absolute Gasteiger partial charge is 0.264 e. The van der Waals surface area contributed by atoms with E-state index in [4.69, 9.17) is 11.6 Å². The van der Waals surface area contributed by atoms with Crippen LogP contribution in [0.5, 0.6) is 0 Å². The van der Waals surface area contributed by atoms with E-state index in [-0.39, 0.29) is 9.79 Å². The maximum absolute atomic E-state index is 12.5. The third-order valence-electron chi connectivity index (χ3n) is 3.08. The first-order valence-electron chi connectivity index (χ1n) is 6.17. The molecule has 8 heteroatoms. The summed E-state index contributed by atoms with van der Waals surface area (Å²) in [5.74, 6) is 0. The molecule has 0 saturated heterocycles. The van der Waals surface area contributed by atoms with Crippen LogP contribution in [0.3, 0.4) is 0 Å². The van der Waals surface area contributed by atoms with E-state index < -0.39 is 19.9 Å². The highest BCUT2D eigenvalue weighted by atomic mass is 35.5. The Morgan fingerprint density at radius 3 is 2.00 bits per heavy atom. The molecule has 2 aromatic rings. The van der Waals surface area contributed by atoms with Gasteiger partial charge in [-0.1, -0.05) is 17.7 Å². The van der Waals surface area contributed by atoms with E-state index in [1.165, 1.54) is 43.4 Å². The first kappa shape index (κ1) is 16.8. The molecule has 0 atom stereocenters. The molecule has 0 aromatic heterocycles. The van der Waals surface area contributed by atoms with Crippen LogP contribution in [0.2, 0.25) is 5.02 Å². The number of nitrogens with zero attached hydrogens (tertiary/aromatic N) is 1. The zero-order valence-electron chi connectivity index (χ0n) is 11.9. The second-order valence-electron chi connectivity index (χ2n) is 4.70. The molecule has 0 amide bonds. The highest BCUT2D eigenvalue weighted by molar-refractivity contribution is 7.92. The Kier molecular flexibility index (Phi) is 4.51. The first-order valence-corrected chi connectivity index (χ1v) is 9.88. The minimum atomic E-state index is -3.76. The molecule has 0 aliphatic heterocycles. The third kappa shape index (κ3) is 3.43. The molecular weight excluding hydrogens is 346 g/mol. The predicted molar refractivity (Wildman–Crippen MR) is 86.6 cm³/mol. The third-order valence-corrected chi connectivity index (χ3v) is 6.23. The SMILES string of the molecule is CN(c1ccc(S(C)(=O)=O)cc1)S(=O)(=O)c1cccc(Cl)c1. The lowest BCUT2D eigenvalue weighted by molar-refractivity contribution is 0.594. The van der Waals surface area contributed by atoms with E-state index in [0.29, 0.717) is 10.7 Å². The van der Waals surface area contributed by atoms with Crippen molar-refractivity contribution in [2.45, 2.75) is 9.79 Å². The second-order valence-corrected chi connectivity index (χ2v) is 9.12. The number of rotatable bonds is 4. The van der Waals surface area contributed by atoms with Crippen molar-refractivity contribution in [1.82, 2.24) is 0 Å². The normalized spacial score (nSPS) is 12.1. The molecule has 0 unspecified atom stereocenters. The molecule has 0 N–H and O–H groups in total. The Morgan fingerprint density at radius 1 is 0.909 bits per heavy atom. The summed E-state index contributed by atoms with van der Waals surface area (Å²) in [4.78, 5) is 0.194.